The molecule has 0 aliphatic rings. The van der Waals surface area contributed by atoms with E-state index in [0.717, 1.165) is 23.7 Å². The third-order valence-corrected chi connectivity index (χ3v) is 4.17. The molecule has 0 bridgehead atoms. The molecule has 0 aliphatic heterocycles. The summed E-state index contributed by atoms with van der Waals surface area (Å²) in [6.07, 6.45) is 0. The molecule has 0 aromatic heterocycles. The van der Waals surface area contributed by atoms with Crippen LogP contribution in [0.4, 0.5) is 0 Å². The van der Waals surface area contributed by atoms with E-state index in [1.165, 1.54) is 21.9 Å². The van der Waals surface area contributed by atoms with Crippen molar-refractivity contribution in [1.82, 2.24) is 5.32 Å². The summed E-state index contributed by atoms with van der Waals surface area (Å²) in [6, 6.07) is 21.2. The van der Waals surface area contributed by atoms with Gasteiger partial charge in [0, 0.05) is 18.1 Å². The summed E-state index contributed by atoms with van der Waals surface area (Å²) in [5.74, 6) is 0. The van der Waals surface area contributed by atoms with Gasteiger partial charge in [0.25, 0.3) is 0 Å². The highest BCUT2D eigenvalue weighted by molar-refractivity contribution is 6.31. The standard InChI is InChI=1S/C19H18ClN/c1-14-9-10-15(11-19(14)20)12-21-13-17-7-4-6-16-5-2-3-8-18(16)17/h2-11,21H,12-13H2,1H3. The van der Waals surface area contributed by atoms with Gasteiger partial charge in [-0.1, -0.05) is 66.2 Å². The summed E-state index contributed by atoms with van der Waals surface area (Å²) in [5, 5.41) is 6.93. The van der Waals surface area contributed by atoms with Gasteiger partial charge in [0.2, 0.25) is 0 Å². The van der Waals surface area contributed by atoms with Gasteiger partial charge in [-0.15, -0.1) is 0 Å². The molecule has 21 heavy (non-hydrogen) atoms. The van der Waals surface area contributed by atoms with Crippen molar-refractivity contribution in [3.63, 3.8) is 0 Å². The van der Waals surface area contributed by atoms with Gasteiger partial charge in [0.05, 0.1) is 0 Å². The fraction of sp³-hybridized carbons (Fsp3) is 0.158. The van der Waals surface area contributed by atoms with E-state index < -0.39 is 0 Å². The van der Waals surface area contributed by atoms with Crippen molar-refractivity contribution in [3.05, 3.63) is 82.4 Å². The molecule has 0 saturated heterocycles. The summed E-state index contributed by atoms with van der Waals surface area (Å²) < 4.78 is 0. The van der Waals surface area contributed by atoms with E-state index >= 15 is 0 Å². The number of benzene rings is 3. The van der Waals surface area contributed by atoms with Gasteiger partial charge in [-0.25, -0.2) is 0 Å². The zero-order valence-electron chi connectivity index (χ0n) is 12.1. The van der Waals surface area contributed by atoms with Crippen molar-refractivity contribution < 1.29 is 0 Å². The molecule has 0 heterocycles. The fourth-order valence-electron chi connectivity index (χ4n) is 2.53. The summed E-state index contributed by atoms with van der Waals surface area (Å²) in [6.45, 7) is 3.70. The number of nitrogens with one attached hydrogen (secondary N) is 1. The molecule has 0 aliphatic carbocycles. The molecular weight excluding hydrogens is 278 g/mol. The number of hydrogen-bond donors (Lipinski definition) is 1. The van der Waals surface area contributed by atoms with Crippen LogP contribution in [-0.2, 0) is 13.1 Å². The Morgan fingerprint density at radius 1 is 0.905 bits per heavy atom. The first-order valence-corrected chi connectivity index (χ1v) is 7.54. The minimum atomic E-state index is 0.823. The van der Waals surface area contributed by atoms with Crippen LogP contribution in [0.2, 0.25) is 5.02 Å². The smallest absolute Gasteiger partial charge is 0.0438 e. The molecular formula is C19H18ClN. The van der Waals surface area contributed by atoms with Crippen LogP contribution in [0, 0.1) is 6.92 Å². The number of aryl methyl sites for hydroxylation is 1. The van der Waals surface area contributed by atoms with Gasteiger partial charge >= 0.3 is 0 Å². The van der Waals surface area contributed by atoms with Gasteiger partial charge in [-0.05, 0) is 40.5 Å². The lowest BCUT2D eigenvalue weighted by atomic mass is 10.0. The monoisotopic (exact) mass is 295 g/mol. The number of halogens is 1. The van der Waals surface area contributed by atoms with E-state index in [0.29, 0.717) is 0 Å². The molecule has 0 unspecified atom stereocenters. The molecule has 0 atom stereocenters. The normalized spacial score (nSPS) is 11.0. The molecule has 106 valence electrons. The van der Waals surface area contributed by atoms with Crippen LogP contribution in [0.3, 0.4) is 0 Å². The Bertz CT molecular complexity index is 759. The SMILES string of the molecule is Cc1ccc(CNCc2cccc3ccccc23)cc1Cl. The van der Waals surface area contributed by atoms with Crippen molar-refractivity contribution in [1.29, 1.82) is 0 Å². The second-order valence-electron chi connectivity index (χ2n) is 5.33. The molecule has 0 fully saturated rings. The first kappa shape index (κ1) is 14.1. The Morgan fingerprint density at radius 2 is 1.71 bits per heavy atom. The van der Waals surface area contributed by atoms with Gasteiger partial charge in [-0.3, -0.25) is 0 Å². The van der Waals surface area contributed by atoms with Crippen molar-refractivity contribution >= 4 is 22.4 Å². The molecule has 0 saturated carbocycles. The van der Waals surface area contributed by atoms with Crippen LogP contribution in [0.5, 0.6) is 0 Å². The third kappa shape index (κ3) is 3.26. The lowest BCUT2D eigenvalue weighted by Gasteiger charge is -2.09. The Labute approximate surface area is 130 Å². The molecule has 2 heteroatoms. The Hall–Kier alpha value is -1.83. The highest BCUT2D eigenvalue weighted by Gasteiger charge is 2.01. The second kappa shape index (κ2) is 6.30. The van der Waals surface area contributed by atoms with Crippen LogP contribution >= 0.6 is 11.6 Å². The van der Waals surface area contributed by atoms with E-state index in [1.807, 2.05) is 13.0 Å². The van der Waals surface area contributed by atoms with Gasteiger partial charge in [0.15, 0.2) is 0 Å². The van der Waals surface area contributed by atoms with E-state index in [2.05, 4.69) is 59.9 Å². The predicted molar refractivity (Wildman–Crippen MR) is 90.7 cm³/mol. The Morgan fingerprint density at radius 3 is 2.57 bits per heavy atom. The summed E-state index contributed by atoms with van der Waals surface area (Å²) >= 11 is 6.16. The van der Waals surface area contributed by atoms with Gasteiger partial charge in [0.1, 0.15) is 0 Å². The molecule has 0 radical (unpaired) electrons. The van der Waals surface area contributed by atoms with Crippen LogP contribution in [0.1, 0.15) is 16.7 Å². The molecule has 1 nitrogen and oxygen atoms in total. The first-order valence-electron chi connectivity index (χ1n) is 7.16. The van der Waals surface area contributed by atoms with Crippen molar-refractivity contribution in [2.45, 2.75) is 20.0 Å². The number of hydrogen-bond acceptors (Lipinski definition) is 1. The quantitative estimate of drug-likeness (QED) is 0.707. The van der Waals surface area contributed by atoms with Gasteiger partial charge in [-0.2, -0.15) is 0 Å². The maximum atomic E-state index is 6.16. The topological polar surface area (TPSA) is 12.0 Å². The highest BCUT2D eigenvalue weighted by atomic mass is 35.5. The molecule has 1 N–H and O–H groups in total. The Kier molecular flexibility index (Phi) is 4.23. The molecule has 0 amide bonds. The third-order valence-electron chi connectivity index (χ3n) is 3.76. The minimum absolute atomic E-state index is 0.823. The number of rotatable bonds is 4. The molecule has 3 aromatic carbocycles. The van der Waals surface area contributed by atoms with Gasteiger partial charge < -0.3 is 5.32 Å². The molecule has 3 aromatic rings. The van der Waals surface area contributed by atoms with Crippen LogP contribution in [0.15, 0.2) is 60.7 Å². The zero-order chi connectivity index (χ0) is 14.7. The maximum Gasteiger partial charge on any atom is 0.0438 e. The van der Waals surface area contributed by atoms with Crippen LogP contribution < -0.4 is 5.32 Å². The lowest BCUT2D eigenvalue weighted by molar-refractivity contribution is 0.696. The summed E-state index contributed by atoms with van der Waals surface area (Å²) in [7, 11) is 0. The predicted octanol–water partition coefficient (Wildman–Crippen LogP) is 5.09. The van der Waals surface area contributed by atoms with Crippen molar-refractivity contribution in [2.75, 3.05) is 0 Å². The highest BCUT2D eigenvalue weighted by Crippen LogP contribution is 2.19. The average Bonchev–Trinajstić information content (AvgIpc) is 2.51. The Balaban J connectivity index is 1.70. The lowest BCUT2D eigenvalue weighted by Crippen LogP contribution is -2.12. The van der Waals surface area contributed by atoms with Crippen LogP contribution in [-0.4, -0.2) is 0 Å². The molecule has 0 spiro atoms. The first-order chi connectivity index (χ1) is 10.2. The number of fused-ring (bicyclic) bond motifs is 1. The van der Waals surface area contributed by atoms with E-state index in [9.17, 15) is 0 Å². The van der Waals surface area contributed by atoms with Crippen molar-refractivity contribution in [3.8, 4) is 0 Å². The summed E-state index contributed by atoms with van der Waals surface area (Å²) in [5.41, 5.74) is 3.66. The second-order valence-corrected chi connectivity index (χ2v) is 5.73. The van der Waals surface area contributed by atoms with E-state index in [1.54, 1.807) is 0 Å². The van der Waals surface area contributed by atoms with Crippen LogP contribution in [0.25, 0.3) is 10.8 Å². The van der Waals surface area contributed by atoms with E-state index in [4.69, 9.17) is 11.6 Å². The largest absolute Gasteiger partial charge is 0.309 e. The average molecular weight is 296 g/mol. The fourth-order valence-corrected chi connectivity index (χ4v) is 2.74. The zero-order valence-corrected chi connectivity index (χ0v) is 12.8. The van der Waals surface area contributed by atoms with E-state index in [-0.39, 0.29) is 0 Å². The summed E-state index contributed by atoms with van der Waals surface area (Å²) in [4.78, 5) is 0. The molecule has 3 rings (SSSR count). The maximum absolute atomic E-state index is 6.16. The van der Waals surface area contributed by atoms with Crippen molar-refractivity contribution in [2.24, 2.45) is 0 Å². The minimum Gasteiger partial charge on any atom is -0.309 e.